The van der Waals surface area contributed by atoms with Gasteiger partial charge < -0.3 is 5.32 Å². The summed E-state index contributed by atoms with van der Waals surface area (Å²) in [6.45, 7) is 0. The highest BCUT2D eigenvalue weighted by molar-refractivity contribution is 5.93. The highest BCUT2D eigenvalue weighted by Gasteiger charge is 2.64. The third kappa shape index (κ3) is 4.58. The van der Waals surface area contributed by atoms with Gasteiger partial charge in [-0.15, -0.1) is 0 Å². The summed E-state index contributed by atoms with van der Waals surface area (Å²) in [6, 6.07) is 5.50. The van der Waals surface area contributed by atoms with Crippen LogP contribution in [0.15, 0.2) is 60.0 Å². The van der Waals surface area contributed by atoms with E-state index >= 15 is 0 Å². The number of hydrazone groups is 1. The quantitative estimate of drug-likeness (QED) is 0.319. The molecule has 0 fully saturated rings. The molecule has 2 atom stereocenters. The van der Waals surface area contributed by atoms with Gasteiger partial charge in [0.1, 0.15) is 17.7 Å². The average molecular weight is 482 g/mol. The first kappa shape index (κ1) is 23.3. The zero-order valence-corrected chi connectivity index (χ0v) is 17.1. The Bertz CT molecular complexity index is 1190. The number of rotatable bonds is 5. The van der Waals surface area contributed by atoms with Crippen molar-refractivity contribution in [3.8, 4) is 0 Å². The molecule has 4 rings (SSSR count). The smallest absolute Gasteiger partial charge is 0.363 e. The average Bonchev–Trinajstić information content (AvgIpc) is 3.23. The summed E-state index contributed by atoms with van der Waals surface area (Å²) in [6.07, 6.45) is -2.29. The molecule has 1 amide bonds. The van der Waals surface area contributed by atoms with E-state index < -0.39 is 48.0 Å². The molecular weight excluding hydrogens is 466 g/mol. The van der Waals surface area contributed by atoms with E-state index in [-0.39, 0.29) is 5.82 Å². The van der Waals surface area contributed by atoms with Crippen LogP contribution in [0.4, 0.5) is 32.2 Å². The zero-order valence-electron chi connectivity index (χ0n) is 17.1. The van der Waals surface area contributed by atoms with Crippen LogP contribution in [0, 0.1) is 5.82 Å². The van der Waals surface area contributed by atoms with Crippen molar-refractivity contribution in [1.82, 2.24) is 20.2 Å². The fourth-order valence-corrected chi connectivity index (χ4v) is 3.49. The lowest BCUT2D eigenvalue weighted by atomic mass is 9.93. The minimum absolute atomic E-state index is 0.224. The molecule has 3 aromatic rings. The number of nitrogens with zero attached hydrogens (tertiary/aromatic N) is 4. The summed E-state index contributed by atoms with van der Waals surface area (Å²) in [5.41, 5.74) is 2.63. The fraction of sp³-hybridized carbons (Fsp3) is 0.238. The number of halogens is 6. The summed E-state index contributed by atoms with van der Waals surface area (Å²) in [5, 5.41) is 10.2. The van der Waals surface area contributed by atoms with Crippen LogP contribution < -0.4 is 10.7 Å². The van der Waals surface area contributed by atoms with Gasteiger partial charge in [-0.2, -0.15) is 32.2 Å². The summed E-state index contributed by atoms with van der Waals surface area (Å²) in [7, 11) is 0. The van der Waals surface area contributed by atoms with Gasteiger partial charge in [-0.05, 0) is 35.4 Å². The molecule has 0 aliphatic carbocycles. The molecule has 0 saturated heterocycles. The highest BCUT2D eigenvalue weighted by atomic mass is 19.4. The van der Waals surface area contributed by atoms with E-state index in [1.165, 1.54) is 30.7 Å². The molecule has 0 saturated carbocycles. The van der Waals surface area contributed by atoms with E-state index in [1.54, 1.807) is 12.1 Å². The molecule has 2 N–H and O–H groups in total. The molecule has 3 heterocycles. The minimum atomic E-state index is -5.86. The Labute approximate surface area is 188 Å². The van der Waals surface area contributed by atoms with Gasteiger partial charge in [0, 0.05) is 24.9 Å². The van der Waals surface area contributed by atoms with Crippen LogP contribution in [0.3, 0.4) is 0 Å². The number of hydrogen-bond acceptors (Lipinski definition) is 5. The first-order chi connectivity index (χ1) is 16.1. The Morgan fingerprint density at radius 2 is 1.79 bits per heavy atom. The van der Waals surface area contributed by atoms with Crippen LogP contribution in [0.5, 0.6) is 0 Å². The van der Waals surface area contributed by atoms with Gasteiger partial charge in [0.2, 0.25) is 0 Å². The standard InChI is InChI=1S/C21H16F6N6O/c22-14-3-1-13(2-4-14)15-9-17(20(23,24)21(25,26)27)33-18(30-15)10-16(32-33)19(34)31-29-11-12-5-7-28-8-6-12/h1-8,10-11,15,17,30H,9H2,(H,31,34). The van der Waals surface area contributed by atoms with Crippen molar-refractivity contribution in [2.45, 2.75) is 30.6 Å². The van der Waals surface area contributed by atoms with Crippen LogP contribution >= 0.6 is 0 Å². The van der Waals surface area contributed by atoms with Gasteiger partial charge in [0.05, 0.1) is 12.3 Å². The van der Waals surface area contributed by atoms with Gasteiger partial charge in [-0.25, -0.2) is 14.5 Å². The molecule has 0 spiro atoms. The fourth-order valence-electron chi connectivity index (χ4n) is 3.49. The predicted molar refractivity (Wildman–Crippen MR) is 109 cm³/mol. The second-order valence-electron chi connectivity index (χ2n) is 7.46. The van der Waals surface area contributed by atoms with Crippen molar-refractivity contribution in [3.63, 3.8) is 0 Å². The molecule has 1 aromatic carbocycles. The molecule has 0 bridgehead atoms. The molecule has 34 heavy (non-hydrogen) atoms. The van der Waals surface area contributed by atoms with Gasteiger partial charge in [-0.1, -0.05) is 12.1 Å². The Hall–Kier alpha value is -3.90. The Balaban J connectivity index is 1.63. The van der Waals surface area contributed by atoms with Gasteiger partial charge in [-0.3, -0.25) is 9.78 Å². The predicted octanol–water partition coefficient (Wildman–Crippen LogP) is 4.48. The van der Waals surface area contributed by atoms with Crippen molar-refractivity contribution in [2.24, 2.45) is 5.10 Å². The Kier molecular flexibility index (Phi) is 6.02. The summed E-state index contributed by atoms with van der Waals surface area (Å²) in [5.74, 6) is -6.88. The van der Waals surface area contributed by atoms with Crippen molar-refractivity contribution >= 4 is 17.9 Å². The Morgan fingerprint density at radius 1 is 1.12 bits per heavy atom. The van der Waals surface area contributed by atoms with E-state index in [0.717, 1.165) is 18.2 Å². The van der Waals surface area contributed by atoms with E-state index in [2.05, 4.69) is 25.9 Å². The maximum atomic E-state index is 14.4. The molecule has 13 heteroatoms. The lowest BCUT2D eigenvalue weighted by Gasteiger charge is -2.37. The van der Waals surface area contributed by atoms with Gasteiger partial charge in [0.25, 0.3) is 5.91 Å². The van der Waals surface area contributed by atoms with Crippen LogP contribution in [0.2, 0.25) is 0 Å². The normalized spacial score (nSPS) is 18.4. The lowest BCUT2D eigenvalue weighted by Crippen LogP contribution is -2.47. The number of aromatic nitrogens is 3. The van der Waals surface area contributed by atoms with Gasteiger partial charge in [0.15, 0.2) is 5.69 Å². The largest absolute Gasteiger partial charge is 0.455 e. The molecule has 0 radical (unpaired) electrons. The van der Waals surface area contributed by atoms with E-state index in [9.17, 15) is 31.1 Å². The number of carbonyl (C=O) groups excluding carboxylic acids is 1. The van der Waals surface area contributed by atoms with Gasteiger partial charge >= 0.3 is 12.1 Å². The lowest BCUT2D eigenvalue weighted by molar-refractivity contribution is -0.301. The van der Waals surface area contributed by atoms with Crippen LogP contribution in [-0.4, -0.2) is 39.0 Å². The van der Waals surface area contributed by atoms with Crippen LogP contribution in [-0.2, 0) is 0 Å². The number of hydrogen-bond donors (Lipinski definition) is 2. The minimum Gasteiger partial charge on any atom is -0.363 e. The number of alkyl halides is 5. The first-order valence-corrected chi connectivity index (χ1v) is 9.86. The topological polar surface area (TPSA) is 84.2 Å². The zero-order chi connectivity index (χ0) is 24.5. The van der Waals surface area contributed by atoms with Crippen molar-refractivity contribution in [2.75, 3.05) is 5.32 Å². The maximum Gasteiger partial charge on any atom is 0.455 e. The monoisotopic (exact) mass is 482 g/mol. The van der Waals surface area contributed by atoms with Crippen molar-refractivity contribution in [1.29, 1.82) is 0 Å². The number of amides is 1. The Morgan fingerprint density at radius 3 is 2.44 bits per heavy atom. The van der Waals surface area contributed by atoms with E-state index in [4.69, 9.17) is 0 Å². The molecule has 2 unspecified atom stereocenters. The number of benzene rings is 1. The summed E-state index contributed by atoms with van der Waals surface area (Å²) < 4.78 is 82.3. The van der Waals surface area contributed by atoms with E-state index in [1.807, 2.05) is 0 Å². The number of anilines is 1. The maximum absolute atomic E-state index is 14.4. The number of pyridine rings is 1. The number of fused-ring (bicyclic) bond motifs is 1. The summed E-state index contributed by atoms with van der Waals surface area (Å²) in [4.78, 5) is 16.2. The molecule has 178 valence electrons. The van der Waals surface area contributed by atoms with Crippen LogP contribution in [0.25, 0.3) is 0 Å². The molecule has 1 aliphatic rings. The van der Waals surface area contributed by atoms with E-state index in [0.29, 0.717) is 15.8 Å². The summed E-state index contributed by atoms with van der Waals surface area (Å²) >= 11 is 0. The number of carbonyl (C=O) groups is 1. The SMILES string of the molecule is O=C(NN=Cc1ccncc1)c1cc2n(n1)C(C(F)(F)C(F)(F)F)CC(c1ccc(F)cc1)N2. The molecular formula is C21H16F6N6O. The third-order valence-corrected chi connectivity index (χ3v) is 5.20. The second kappa shape index (κ2) is 8.80. The highest BCUT2D eigenvalue weighted by Crippen LogP contribution is 2.50. The first-order valence-electron chi connectivity index (χ1n) is 9.86. The second-order valence-corrected chi connectivity index (χ2v) is 7.46. The molecule has 7 nitrogen and oxygen atoms in total. The van der Waals surface area contributed by atoms with Crippen molar-refractivity contribution < 1.29 is 31.1 Å². The number of nitrogens with one attached hydrogen (secondary N) is 2. The van der Waals surface area contributed by atoms with Crippen molar-refractivity contribution in [3.05, 3.63) is 77.5 Å². The molecule has 1 aliphatic heterocycles. The third-order valence-electron chi connectivity index (χ3n) is 5.20. The van der Waals surface area contributed by atoms with Crippen LogP contribution in [0.1, 0.15) is 40.1 Å². The molecule has 2 aromatic heterocycles.